The second-order valence-electron chi connectivity index (χ2n) is 3.50. The topological polar surface area (TPSA) is 110 Å². The second kappa shape index (κ2) is 5.01. The van der Waals surface area contributed by atoms with Crippen LogP contribution in [0.4, 0.5) is 0 Å². The fourth-order valence-electron chi connectivity index (χ4n) is 1.52. The molecule has 1 heterocycles. The Morgan fingerprint density at radius 1 is 1.21 bits per heavy atom. The molecule has 0 amide bonds. The molecule has 0 radical (unpaired) electrons. The largest absolute Gasteiger partial charge is 0.394 e. The lowest BCUT2D eigenvalue weighted by Crippen LogP contribution is -2.42. The van der Waals surface area contributed by atoms with Gasteiger partial charge in [0.2, 0.25) is 0 Å². The van der Waals surface area contributed by atoms with Crippen molar-refractivity contribution in [3.05, 3.63) is 0 Å². The number of ether oxygens (including phenoxy) is 1. The van der Waals surface area contributed by atoms with Gasteiger partial charge in [-0.25, -0.2) is 0 Å². The second-order valence-corrected chi connectivity index (χ2v) is 3.50. The van der Waals surface area contributed by atoms with Crippen LogP contribution in [0.5, 0.6) is 0 Å². The minimum absolute atomic E-state index is 0.00823. The van der Waals surface area contributed by atoms with Crippen molar-refractivity contribution in [1.82, 2.24) is 0 Å². The summed E-state index contributed by atoms with van der Waals surface area (Å²) in [7, 11) is 0. The normalized spacial score (nSPS) is 41.8. The van der Waals surface area contributed by atoms with Crippen LogP contribution in [0.1, 0.15) is 12.8 Å². The van der Waals surface area contributed by atoms with Crippen LogP contribution < -0.4 is 0 Å². The zero-order chi connectivity index (χ0) is 10.7. The molecule has 0 saturated carbocycles. The first kappa shape index (κ1) is 11.8. The Kier molecular flexibility index (Phi) is 4.24. The molecule has 6 heteroatoms. The number of hydrogen-bond donors (Lipinski definition) is 5. The molecule has 6 nitrogen and oxygen atoms in total. The molecule has 1 saturated heterocycles. The van der Waals surface area contributed by atoms with Crippen LogP contribution in [0.15, 0.2) is 0 Å². The first-order valence-electron chi connectivity index (χ1n) is 4.53. The van der Waals surface area contributed by atoms with E-state index in [1.165, 1.54) is 0 Å². The number of aliphatic hydroxyl groups excluding tert-OH is 5. The van der Waals surface area contributed by atoms with Crippen LogP contribution in [-0.4, -0.2) is 62.8 Å². The number of hydrogen-bond acceptors (Lipinski definition) is 6. The Bertz CT molecular complexity index is 175. The summed E-state index contributed by atoms with van der Waals surface area (Å²) in [6.45, 7) is -0.565. The lowest BCUT2D eigenvalue weighted by molar-refractivity contribution is -0.191. The molecular weight excluding hydrogens is 192 g/mol. The molecule has 1 aliphatic rings. The third-order valence-electron chi connectivity index (χ3n) is 2.25. The Morgan fingerprint density at radius 3 is 2.43 bits per heavy atom. The van der Waals surface area contributed by atoms with Crippen molar-refractivity contribution in [2.75, 3.05) is 6.61 Å². The molecule has 1 fully saturated rings. The highest BCUT2D eigenvalue weighted by molar-refractivity contribution is 4.82. The zero-order valence-electron chi connectivity index (χ0n) is 7.65. The summed E-state index contributed by atoms with van der Waals surface area (Å²) in [5, 5.41) is 45.9. The molecule has 0 spiro atoms. The van der Waals surface area contributed by atoms with Gasteiger partial charge < -0.3 is 30.3 Å². The van der Waals surface area contributed by atoms with E-state index in [9.17, 15) is 20.4 Å². The van der Waals surface area contributed by atoms with Crippen molar-refractivity contribution in [2.45, 2.75) is 43.5 Å². The summed E-state index contributed by atoms with van der Waals surface area (Å²) >= 11 is 0. The van der Waals surface area contributed by atoms with Gasteiger partial charge in [-0.2, -0.15) is 0 Å². The summed E-state index contributed by atoms with van der Waals surface area (Å²) in [4.78, 5) is 0. The van der Waals surface area contributed by atoms with Crippen LogP contribution in [0.2, 0.25) is 0 Å². The zero-order valence-corrected chi connectivity index (χ0v) is 7.65. The minimum Gasteiger partial charge on any atom is -0.394 e. The molecule has 0 aromatic heterocycles. The summed E-state index contributed by atoms with van der Waals surface area (Å²) in [5.74, 6) is 0. The van der Waals surface area contributed by atoms with Gasteiger partial charge in [0.05, 0.1) is 18.8 Å². The number of aliphatic hydroxyl groups is 5. The van der Waals surface area contributed by atoms with Crippen molar-refractivity contribution < 1.29 is 30.3 Å². The first-order valence-corrected chi connectivity index (χ1v) is 4.53. The predicted molar refractivity (Wildman–Crippen MR) is 45.2 cm³/mol. The van der Waals surface area contributed by atoms with E-state index in [1.54, 1.807) is 0 Å². The first-order chi connectivity index (χ1) is 6.54. The standard InChI is InChI=1S/C8H16O6/c9-3-6(12)8-5(11)1-4(10)2-7(13)14-8/h4-13H,1-3H2. The molecule has 1 aliphatic heterocycles. The van der Waals surface area contributed by atoms with E-state index in [2.05, 4.69) is 0 Å². The van der Waals surface area contributed by atoms with Crippen molar-refractivity contribution in [2.24, 2.45) is 0 Å². The highest BCUT2D eigenvalue weighted by atomic mass is 16.6. The molecule has 1 rings (SSSR count). The van der Waals surface area contributed by atoms with E-state index in [-0.39, 0.29) is 12.8 Å². The highest BCUT2D eigenvalue weighted by Gasteiger charge is 2.35. The summed E-state index contributed by atoms with van der Waals surface area (Å²) < 4.78 is 4.88. The lowest BCUT2D eigenvalue weighted by atomic mass is 10.0. The molecule has 5 N–H and O–H groups in total. The Balaban J connectivity index is 2.63. The van der Waals surface area contributed by atoms with E-state index in [1.807, 2.05) is 0 Å². The summed E-state index contributed by atoms with van der Waals surface area (Å²) in [5.41, 5.74) is 0. The Labute approximate surface area is 81.4 Å². The fourth-order valence-corrected chi connectivity index (χ4v) is 1.52. The van der Waals surface area contributed by atoms with Crippen LogP contribution >= 0.6 is 0 Å². The van der Waals surface area contributed by atoms with Gasteiger partial charge in [-0.15, -0.1) is 0 Å². The van der Waals surface area contributed by atoms with Crippen molar-refractivity contribution in [3.8, 4) is 0 Å². The van der Waals surface area contributed by atoms with E-state index in [0.29, 0.717) is 0 Å². The van der Waals surface area contributed by atoms with Gasteiger partial charge in [-0.3, -0.25) is 0 Å². The maximum Gasteiger partial charge on any atom is 0.157 e. The van der Waals surface area contributed by atoms with Gasteiger partial charge in [-0.1, -0.05) is 0 Å². The summed E-state index contributed by atoms with van der Waals surface area (Å²) in [6, 6.07) is 0. The van der Waals surface area contributed by atoms with Gasteiger partial charge in [0.1, 0.15) is 12.2 Å². The van der Waals surface area contributed by atoms with Gasteiger partial charge in [0.15, 0.2) is 6.29 Å². The monoisotopic (exact) mass is 208 g/mol. The van der Waals surface area contributed by atoms with E-state index in [0.717, 1.165) is 0 Å². The Hall–Kier alpha value is -0.240. The smallest absolute Gasteiger partial charge is 0.157 e. The van der Waals surface area contributed by atoms with Gasteiger partial charge in [0.25, 0.3) is 0 Å². The highest BCUT2D eigenvalue weighted by Crippen LogP contribution is 2.20. The molecule has 84 valence electrons. The van der Waals surface area contributed by atoms with E-state index >= 15 is 0 Å². The Morgan fingerprint density at radius 2 is 1.86 bits per heavy atom. The van der Waals surface area contributed by atoms with Crippen LogP contribution in [0.25, 0.3) is 0 Å². The fraction of sp³-hybridized carbons (Fsp3) is 1.00. The van der Waals surface area contributed by atoms with E-state index < -0.39 is 37.3 Å². The molecule has 5 unspecified atom stereocenters. The molecule has 0 aromatic rings. The van der Waals surface area contributed by atoms with Crippen LogP contribution in [-0.2, 0) is 4.74 Å². The summed E-state index contributed by atoms with van der Waals surface area (Å²) in [6.07, 6.45) is -5.50. The molecule has 14 heavy (non-hydrogen) atoms. The quantitative estimate of drug-likeness (QED) is 0.345. The van der Waals surface area contributed by atoms with Gasteiger partial charge in [0, 0.05) is 12.8 Å². The molecule has 0 aliphatic carbocycles. The van der Waals surface area contributed by atoms with Crippen LogP contribution in [0.3, 0.4) is 0 Å². The molecular formula is C8H16O6. The van der Waals surface area contributed by atoms with Gasteiger partial charge in [-0.05, 0) is 0 Å². The van der Waals surface area contributed by atoms with E-state index in [4.69, 9.17) is 9.84 Å². The SMILES string of the molecule is OCC(O)C1OC(O)CC(O)CC1O. The maximum absolute atomic E-state index is 9.47. The van der Waals surface area contributed by atoms with Gasteiger partial charge >= 0.3 is 0 Å². The molecule has 5 atom stereocenters. The van der Waals surface area contributed by atoms with Crippen LogP contribution in [0, 0.1) is 0 Å². The third kappa shape index (κ3) is 2.88. The van der Waals surface area contributed by atoms with Crippen molar-refractivity contribution in [1.29, 1.82) is 0 Å². The predicted octanol–water partition coefficient (Wildman–Crippen LogP) is -2.44. The van der Waals surface area contributed by atoms with Crippen molar-refractivity contribution >= 4 is 0 Å². The average molecular weight is 208 g/mol. The number of rotatable bonds is 2. The molecule has 0 bridgehead atoms. The molecule has 0 aromatic carbocycles. The minimum atomic E-state index is -1.26. The maximum atomic E-state index is 9.47. The third-order valence-corrected chi connectivity index (χ3v) is 2.25. The lowest BCUT2D eigenvalue weighted by Gasteiger charge is -2.25. The van der Waals surface area contributed by atoms with Crippen molar-refractivity contribution in [3.63, 3.8) is 0 Å². The average Bonchev–Trinajstić information content (AvgIpc) is 2.23.